The van der Waals surface area contributed by atoms with Crippen LogP contribution in [-0.2, 0) is 11.8 Å². The Morgan fingerprint density at radius 1 is 1.52 bits per heavy atom. The zero-order valence-electron chi connectivity index (χ0n) is 11.7. The van der Waals surface area contributed by atoms with E-state index in [1.54, 1.807) is 35.7 Å². The van der Waals surface area contributed by atoms with Crippen molar-refractivity contribution in [3.05, 3.63) is 34.7 Å². The van der Waals surface area contributed by atoms with Crippen LogP contribution in [0.1, 0.15) is 28.2 Å². The average molecular weight is 311 g/mol. The van der Waals surface area contributed by atoms with Gasteiger partial charge >= 0.3 is 0 Å². The summed E-state index contributed by atoms with van der Waals surface area (Å²) in [7, 11) is 1.78. The Morgan fingerprint density at radius 3 is 2.95 bits per heavy atom. The molecular formula is C13H15ClN4O3. The number of rotatable bonds is 2. The molecular weight excluding hydrogens is 296 g/mol. The lowest BCUT2D eigenvalue weighted by Gasteiger charge is -2.33. The molecule has 1 fully saturated rings. The summed E-state index contributed by atoms with van der Waals surface area (Å²) in [5.41, 5.74) is 0.517. The summed E-state index contributed by atoms with van der Waals surface area (Å²) in [6.07, 6.45) is 1.70. The highest BCUT2D eigenvalue weighted by molar-refractivity contribution is 6.31. The standard InChI is InChI=1S/C13H15ClN4O3/c1-8-15-12(21-16-8)11-7-20-4-3-18(11)13(19)10-5-9(14)6-17(10)2/h5-6,11H,3-4,7H2,1-2H3/t11-/m0/s1. The molecule has 0 bridgehead atoms. The van der Waals surface area contributed by atoms with Gasteiger partial charge in [0.05, 0.1) is 18.2 Å². The van der Waals surface area contributed by atoms with Gasteiger partial charge in [-0.25, -0.2) is 0 Å². The summed E-state index contributed by atoms with van der Waals surface area (Å²) >= 11 is 5.95. The second-order valence-corrected chi connectivity index (χ2v) is 5.36. The molecule has 8 heteroatoms. The van der Waals surface area contributed by atoms with Gasteiger partial charge in [-0.2, -0.15) is 4.98 Å². The molecule has 1 saturated heterocycles. The van der Waals surface area contributed by atoms with Crippen molar-refractivity contribution in [1.29, 1.82) is 0 Å². The van der Waals surface area contributed by atoms with E-state index in [1.807, 2.05) is 0 Å². The molecule has 0 radical (unpaired) electrons. The van der Waals surface area contributed by atoms with Crippen LogP contribution in [0.2, 0.25) is 5.02 Å². The van der Waals surface area contributed by atoms with Gasteiger partial charge in [-0.05, 0) is 13.0 Å². The van der Waals surface area contributed by atoms with E-state index >= 15 is 0 Å². The number of morpholine rings is 1. The van der Waals surface area contributed by atoms with Crippen molar-refractivity contribution in [3.63, 3.8) is 0 Å². The highest BCUT2D eigenvalue weighted by Gasteiger charge is 2.34. The third-order valence-corrected chi connectivity index (χ3v) is 3.62. The van der Waals surface area contributed by atoms with Crippen LogP contribution in [0.4, 0.5) is 0 Å². The second kappa shape index (κ2) is 5.50. The molecule has 3 heterocycles. The third-order valence-electron chi connectivity index (χ3n) is 3.41. The number of nitrogens with zero attached hydrogens (tertiary/aromatic N) is 4. The monoisotopic (exact) mass is 310 g/mol. The van der Waals surface area contributed by atoms with Crippen LogP contribution >= 0.6 is 11.6 Å². The molecule has 1 aliphatic rings. The first-order chi connectivity index (χ1) is 10.1. The van der Waals surface area contributed by atoms with Gasteiger partial charge in [0, 0.05) is 19.8 Å². The number of halogens is 1. The Bertz CT molecular complexity index is 666. The molecule has 7 nitrogen and oxygen atoms in total. The predicted molar refractivity (Wildman–Crippen MR) is 74.1 cm³/mol. The summed E-state index contributed by atoms with van der Waals surface area (Å²) in [6, 6.07) is 1.27. The minimum Gasteiger partial charge on any atom is -0.377 e. The second-order valence-electron chi connectivity index (χ2n) is 4.92. The number of ether oxygens (including phenoxy) is 1. The maximum atomic E-state index is 12.7. The summed E-state index contributed by atoms with van der Waals surface area (Å²) in [5.74, 6) is 0.791. The predicted octanol–water partition coefficient (Wildman–Crippen LogP) is 1.58. The van der Waals surface area contributed by atoms with Gasteiger partial charge in [0.2, 0.25) is 0 Å². The molecule has 0 unspecified atom stereocenters. The summed E-state index contributed by atoms with van der Waals surface area (Å²) in [6.45, 7) is 3.02. The molecule has 1 aliphatic heterocycles. The Morgan fingerprint density at radius 2 is 2.33 bits per heavy atom. The number of aryl methyl sites for hydroxylation is 2. The molecule has 0 saturated carbocycles. The fourth-order valence-corrected chi connectivity index (χ4v) is 2.63. The molecule has 0 spiro atoms. The Hall–Kier alpha value is -1.86. The van der Waals surface area contributed by atoms with Gasteiger partial charge in [-0.1, -0.05) is 16.8 Å². The van der Waals surface area contributed by atoms with Crippen molar-refractivity contribution in [2.45, 2.75) is 13.0 Å². The number of hydrogen-bond acceptors (Lipinski definition) is 5. The lowest BCUT2D eigenvalue weighted by molar-refractivity contribution is -0.0123. The summed E-state index contributed by atoms with van der Waals surface area (Å²) in [4.78, 5) is 18.6. The number of carbonyl (C=O) groups is 1. The molecule has 0 aromatic carbocycles. The first-order valence-corrected chi connectivity index (χ1v) is 6.95. The van der Waals surface area contributed by atoms with E-state index < -0.39 is 0 Å². The Kier molecular flexibility index (Phi) is 3.69. The number of hydrogen-bond donors (Lipinski definition) is 0. The van der Waals surface area contributed by atoms with E-state index in [9.17, 15) is 4.79 Å². The molecule has 0 aliphatic carbocycles. The van der Waals surface area contributed by atoms with Crippen LogP contribution in [-0.4, -0.2) is 45.3 Å². The smallest absolute Gasteiger partial charge is 0.271 e. The van der Waals surface area contributed by atoms with E-state index in [2.05, 4.69) is 10.1 Å². The first-order valence-electron chi connectivity index (χ1n) is 6.57. The SMILES string of the molecule is Cc1noc([C@@H]2COCCN2C(=O)c2cc(Cl)cn2C)n1. The van der Waals surface area contributed by atoms with Crippen LogP contribution < -0.4 is 0 Å². The molecule has 2 aromatic heterocycles. The molecule has 0 N–H and O–H groups in total. The fourth-order valence-electron chi connectivity index (χ4n) is 2.38. The van der Waals surface area contributed by atoms with Gasteiger partial charge in [0.1, 0.15) is 11.7 Å². The van der Waals surface area contributed by atoms with Crippen molar-refractivity contribution < 1.29 is 14.1 Å². The van der Waals surface area contributed by atoms with Crippen LogP contribution in [0.15, 0.2) is 16.8 Å². The number of carbonyl (C=O) groups excluding carboxylic acids is 1. The van der Waals surface area contributed by atoms with Crippen LogP contribution in [0, 0.1) is 6.92 Å². The van der Waals surface area contributed by atoms with Crippen molar-refractivity contribution >= 4 is 17.5 Å². The van der Waals surface area contributed by atoms with Gasteiger partial charge in [-0.3, -0.25) is 4.79 Å². The summed E-state index contributed by atoms with van der Waals surface area (Å²) < 4.78 is 12.3. The lowest BCUT2D eigenvalue weighted by atomic mass is 10.2. The molecule has 112 valence electrons. The topological polar surface area (TPSA) is 73.4 Å². The molecule has 2 aromatic rings. The summed E-state index contributed by atoms with van der Waals surface area (Å²) in [5, 5.41) is 4.30. The van der Waals surface area contributed by atoms with Crippen molar-refractivity contribution in [2.75, 3.05) is 19.8 Å². The number of amides is 1. The van der Waals surface area contributed by atoms with Crippen LogP contribution in [0.25, 0.3) is 0 Å². The lowest BCUT2D eigenvalue weighted by Crippen LogP contribution is -2.44. The zero-order valence-corrected chi connectivity index (χ0v) is 12.5. The molecule has 21 heavy (non-hydrogen) atoms. The maximum Gasteiger partial charge on any atom is 0.271 e. The molecule has 3 rings (SSSR count). The minimum absolute atomic E-state index is 0.131. The van der Waals surface area contributed by atoms with Crippen molar-refractivity contribution in [2.24, 2.45) is 7.05 Å². The van der Waals surface area contributed by atoms with E-state index in [1.165, 1.54) is 0 Å². The normalized spacial score (nSPS) is 19.0. The number of aromatic nitrogens is 3. The Labute approximate surface area is 126 Å². The van der Waals surface area contributed by atoms with Gasteiger partial charge in [0.15, 0.2) is 5.82 Å². The first kappa shape index (κ1) is 14.1. The van der Waals surface area contributed by atoms with E-state index in [0.29, 0.717) is 42.2 Å². The van der Waals surface area contributed by atoms with E-state index in [-0.39, 0.29) is 11.9 Å². The van der Waals surface area contributed by atoms with Crippen LogP contribution in [0.3, 0.4) is 0 Å². The zero-order chi connectivity index (χ0) is 15.0. The van der Waals surface area contributed by atoms with Gasteiger partial charge < -0.3 is 18.7 Å². The molecule has 1 atom stereocenters. The van der Waals surface area contributed by atoms with E-state index in [0.717, 1.165) is 0 Å². The molecule has 1 amide bonds. The van der Waals surface area contributed by atoms with Gasteiger partial charge in [-0.15, -0.1) is 0 Å². The average Bonchev–Trinajstić information content (AvgIpc) is 3.04. The minimum atomic E-state index is -0.374. The quantitative estimate of drug-likeness (QED) is 0.842. The van der Waals surface area contributed by atoms with Crippen molar-refractivity contribution in [3.8, 4) is 0 Å². The van der Waals surface area contributed by atoms with Crippen molar-refractivity contribution in [1.82, 2.24) is 19.6 Å². The van der Waals surface area contributed by atoms with E-state index in [4.69, 9.17) is 20.9 Å². The Balaban J connectivity index is 1.90. The third kappa shape index (κ3) is 2.66. The fraction of sp³-hybridized carbons (Fsp3) is 0.462. The van der Waals surface area contributed by atoms with Crippen LogP contribution in [0.5, 0.6) is 0 Å². The highest BCUT2D eigenvalue weighted by Crippen LogP contribution is 2.25. The van der Waals surface area contributed by atoms with Gasteiger partial charge in [0.25, 0.3) is 11.8 Å². The maximum absolute atomic E-state index is 12.7. The largest absolute Gasteiger partial charge is 0.377 e. The highest BCUT2D eigenvalue weighted by atomic mass is 35.5.